The molecule has 0 heterocycles. The maximum Gasteiger partial charge on any atom is 0.255 e. The normalized spacial score (nSPS) is 10.4. The third kappa shape index (κ3) is 5.61. The molecule has 5 heteroatoms. The Labute approximate surface area is 153 Å². The Balaban J connectivity index is 2.05. The second kappa shape index (κ2) is 9.23. The van der Waals surface area contributed by atoms with Gasteiger partial charge in [0, 0.05) is 28.4 Å². The van der Waals surface area contributed by atoms with E-state index in [-0.39, 0.29) is 11.8 Å². The highest BCUT2D eigenvalue weighted by Gasteiger charge is 2.11. The monoisotopic (exact) mass is 358 g/mol. The van der Waals surface area contributed by atoms with Gasteiger partial charge in [-0.1, -0.05) is 43.5 Å². The smallest absolute Gasteiger partial charge is 0.255 e. The molecule has 0 spiro atoms. The van der Waals surface area contributed by atoms with Crippen molar-refractivity contribution in [1.82, 2.24) is 5.32 Å². The van der Waals surface area contributed by atoms with E-state index in [4.69, 9.17) is 11.6 Å². The maximum absolute atomic E-state index is 12.5. The van der Waals surface area contributed by atoms with Gasteiger partial charge in [0.25, 0.3) is 11.8 Å². The number of carbonyl (C=O) groups excluding carboxylic acids is 2. The van der Waals surface area contributed by atoms with Crippen LogP contribution in [0.4, 0.5) is 5.69 Å². The van der Waals surface area contributed by atoms with Crippen LogP contribution >= 0.6 is 11.6 Å². The lowest BCUT2D eigenvalue weighted by atomic mass is 10.1. The van der Waals surface area contributed by atoms with E-state index < -0.39 is 0 Å². The number of anilines is 1. The Morgan fingerprint density at radius 1 is 1.00 bits per heavy atom. The summed E-state index contributed by atoms with van der Waals surface area (Å²) in [4.78, 5) is 24.6. The van der Waals surface area contributed by atoms with Gasteiger partial charge >= 0.3 is 0 Å². The fourth-order valence-corrected chi connectivity index (χ4v) is 2.58. The maximum atomic E-state index is 12.5. The van der Waals surface area contributed by atoms with Gasteiger partial charge in [0.05, 0.1) is 0 Å². The highest BCUT2D eigenvalue weighted by molar-refractivity contribution is 6.31. The average molecular weight is 359 g/mol. The molecular weight excluding hydrogens is 336 g/mol. The minimum absolute atomic E-state index is 0.162. The number of carbonyl (C=O) groups is 2. The summed E-state index contributed by atoms with van der Waals surface area (Å²) in [6.45, 7) is 4.66. The molecule has 2 aromatic carbocycles. The molecule has 0 aromatic heterocycles. The van der Waals surface area contributed by atoms with Gasteiger partial charge in [-0.2, -0.15) is 0 Å². The van der Waals surface area contributed by atoms with Gasteiger partial charge in [-0.05, 0) is 49.2 Å². The zero-order valence-electron chi connectivity index (χ0n) is 14.6. The largest absolute Gasteiger partial charge is 0.352 e. The highest BCUT2D eigenvalue weighted by atomic mass is 35.5. The van der Waals surface area contributed by atoms with Gasteiger partial charge in [0.2, 0.25) is 0 Å². The lowest BCUT2D eigenvalue weighted by Crippen LogP contribution is -2.24. The lowest BCUT2D eigenvalue weighted by Gasteiger charge is -2.10. The molecule has 0 atom stereocenters. The van der Waals surface area contributed by atoms with E-state index in [0.29, 0.717) is 28.4 Å². The molecule has 0 aliphatic carbocycles. The van der Waals surface area contributed by atoms with Crippen molar-refractivity contribution in [2.75, 3.05) is 11.9 Å². The Hall–Kier alpha value is -2.33. The summed E-state index contributed by atoms with van der Waals surface area (Å²) in [5, 5.41) is 6.27. The molecule has 0 aliphatic rings. The molecule has 2 rings (SSSR count). The number of benzene rings is 2. The Morgan fingerprint density at radius 2 is 1.72 bits per heavy atom. The third-order valence-corrected chi connectivity index (χ3v) is 4.14. The number of amides is 2. The molecule has 25 heavy (non-hydrogen) atoms. The van der Waals surface area contributed by atoms with E-state index in [2.05, 4.69) is 17.6 Å². The molecule has 0 radical (unpaired) electrons. The number of nitrogens with one attached hydrogen (secondary N) is 2. The zero-order valence-corrected chi connectivity index (χ0v) is 15.3. The number of hydrogen-bond acceptors (Lipinski definition) is 2. The predicted octanol–water partition coefficient (Wildman–Crippen LogP) is 4.82. The van der Waals surface area contributed by atoms with Gasteiger partial charge in [-0.25, -0.2) is 0 Å². The van der Waals surface area contributed by atoms with Crippen LogP contribution in [-0.4, -0.2) is 18.4 Å². The summed E-state index contributed by atoms with van der Waals surface area (Å²) in [5.74, 6) is -0.435. The van der Waals surface area contributed by atoms with Gasteiger partial charge in [0.15, 0.2) is 0 Å². The molecule has 0 saturated heterocycles. The number of unbranched alkanes of at least 4 members (excludes halogenated alkanes) is 2. The Bertz CT molecular complexity index is 759. The van der Waals surface area contributed by atoms with Crippen molar-refractivity contribution in [3.63, 3.8) is 0 Å². The zero-order chi connectivity index (χ0) is 18.2. The lowest BCUT2D eigenvalue weighted by molar-refractivity contribution is 0.0953. The van der Waals surface area contributed by atoms with Gasteiger partial charge in [-0.3, -0.25) is 9.59 Å². The van der Waals surface area contributed by atoms with Crippen molar-refractivity contribution in [3.8, 4) is 0 Å². The summed E-state index contributed by atoms with van der Waals surface area (Å²) in [6.07, 6.45) is 3.15. The van der Waals surface area contributed by atoms with Crippen LogP contribution in [0.3, 0.4) is 0 Å². The van der Waals surface area contributed by atoms with Crippen LogP contribution in [0, 0.1) is 6.92 Å². The summed E-state index contributed by atoms with van der Waals surface area (Å²) in [5.41, 5.74) is 2.49. The first-order chi connectivity index (χ1) is 12.0. The van der Waals surface area contributed by atoms with Crippen LogP contribution in [0.15, 0.2) is 42.5 Å². The Morgan fingerprint density at radius 3 is 2.44 bits per heavy atom. The fraction of sp³-hybridized carbons (Fsp3) is 0.300. The molecule has 2 N–H and O–H groups in total. The average Bonchev–Trinajstić information content (AvgIpc) is 2.61. The van der Waals surface area contributed by atoms with E-state index in [9.17, 15) is 9.59 Å². The van der Waals surface area contributed by atoms with E-state index in [1.807, 2.05) is 13.0 Å². The third-order valence-electron chi connectivity index (χ3n) is 3.90. The van der Waals surface area contributed by atoms with Crippen molar-refractivity contribution in [2.45, 2.75) is 33.1 Å². The second-order valence-corrected chi connectivity index (χ2v) is 6.39. The minimum atomic E-state index is -0.272. The SMILES string of the molecule is CCCCCNC(=O)c1cccc(C(=O)Nc2cc(Cl)ccc2C)c1. The first-order valence-corrected chi connectivity index (χ1v) is 8.85. The molecular formula is C20H23ClN2O2. The van der Waals surface area contributed by atoms with Gasteiger partial charge in [0.1, 0.15) is 0 Å². The topological polar surface area (TPSA) is 58.2 Å². The number of rotatable bonds is 7. The van der Waals surface area contributed by atoms with E-state index in [1.165, 1.54) is 0 Å². The quantitative estimate of drug-likeness (QED) is 0.697. The van der Waals surface area contributed by atoms with Crippen LogP contribution in [-0.2, 0) is 0 Å². The predicted molar refractivity (Wildman–Crippen MR) is 102 cm³/mol. The molecule has 0 saturated carbocycles. The first-order valence-electron chi connectivity index (χ1n) is 8.47. The molecule has 2 amide bonds. The number of aryl methyl sites for hydroxylation is 1. The molecule has 0 fully saturated rings. The van der Waals surface area contributed by atoms with Crippen LogP contribution in [0.1, 0.15) is 52.5 Å². The van der Waals surface area contributed by atoms with Crippen LogP contribution < -0.4 is 10.6 Å². The second-order valence-electron chi connectivity index (χ2n) is 5.96. The molecule has 132 valence electrons. The van der Waals surface area contributed by atoms with E-state index >= 15 is 0 Å². The molecule has 0 aliphatic heterocycles. The highest BCUT2D eigenvalue weighted by Crippen LogP contribution is 2.21. The summed E-state index contributed by atoms with van der Waals surface area (Å²) >= 11 is 5.98. The molecule has 0 bridgehead atoms. The number of hydrogen-bond donors (Lipinski definition) is 2. The number of halogens is 1. The summed E-state index contributed by atoms with van der Waals surface area (Å²) in [7, 11) is 0. The molecule has 2 aromatic rings. The fourth-order valence-electron chi connectivity index (χ4n) is 2.40. The van der Waals surface area contributed by atoms with Gasteiger partial charge < -0.3 is 10.6 Å². The Kier molecular flexibility index (Phi) is 7.02. The van der Waals surface area contributed by atoms with Crippen molar-refractivity contribution in [3.05, 3.63) is 64.2 Å². The van der Waals surface area contributed by atoms with Crippen LogP contribution in [0.2, 0.25) is 5.02 Å². The molecule has 0 unspecified atom stereocenters. The minimum Gasteiger partial charge on any atom is -0.352 e. The standard InChI is InChI=1S/C20H23ClN2O2/c1-3-4-5-11-22-19(24)15-7-6-8-16(12-15)20(25)23-18-13-17(21)10-9-14(18)2/h6-10,12-13H,3-5,11H2,1-2H3,(H,22,24)(H,23,25). The van der Waals surface area contributed by atoms with E-state index in [1.54, 1.807) is 36.4 Å². The molecule has 4 nitrogen and oxygen atoms in total. The summed E-state index contributed by atoms with van der Waals surface area (Å²) in [6, 6.07) is 12.0. The van der Waals surface area contributed by atoms with Crippen LogP contribution in [0.5, 0.6) is 0 Å². The summed E-state index contributed by atoms with van der Waals surface area (Å²) < 4.78 is 0. The van der Waals surface area contributed by atoms with Crippen molar-refractivity contribution >= 4 is 29.1 Å². The van der Waals surface area contributed by atoms with Crippen molar-refractivity contribution in [2.24, 2.45) is 0 Å². The van der Waals surface area contributed by atoms with Gasteiger partial charge in [-0.15, -0.1) is 0 Å². The van der Waals surface area contributed by atoms with Crippen molar-refractivity contribution < 1.29 is 9.59 Å². The van der Waals surface area contributed by atoms with E-state index in [0.717, 1.165) is 24.8 Å². The van der Waals surface area contributed by atoms with Crippen LogP contribution in [0.25, 0.3) is 0 Å². The first kappa shape index (κ1) is 19.0. The van der Waals surface area contributed by atoms with Crippen molar-refractivity contribution in [1.29, 1.82) is 0 Å².